The number of nitrogens with zero attached hydrogens (tertiary/aromatic N) is 2. The Morgan fingerprint density at radius 3 is 2.53 bits per heavy atom. The summed E-state index contributed by atoms with van der Waals surface area (Å²) in [7, 11) is 0. The fourth-order valence-corrected chi connectivity index (χ4v) is 1.33. The third-order valence-corrected chi connectivity index (χ3v) is 2.56. The van der Waals surface area contributed by atoms with E-state index in [1.54, 1.807) is 17.9 Å². The summed E-state index contributed by atoms with van der Waals surface area (Å²) in [5.74, 6) is -0.0887. The maximum Gasteiger partial charge on any atom is 0.243 e. The summed E-state index contributed by atoms with van der Waals surface area (Å²) in [5, 5.41) is 9.02. The zero-order chi connectivity index (χ0) is 11.9. The monoisotopic (exact) mass is 208 g/mol. The molecule has 0 spiro atoms. The first-order chi connectivity index (χ1) is 7.05. The van der Waals surface area contributed by atoms with Crippen LogP contribution >= 0.6 is 0 Å². The molecule has 3 nitrogen and oxygen atoms in total. The van der Waals surface area contributed by atoms with Gasteiger partial charge in [0.05, 0.1) is 6.07 Å². The molecule has 0 fully saturated rings. The van der Waals surface area contributed by atoms with Crippen LogP contribution in [-0.4, -0.2) is 23.9 Å². The summed E-state index contributed by atoms with van der Waals surface area (Å²) in [5.41, 5.74) is -0.891. The first-order valence-electron chi connectivity index (χ1n) is 5.37. The van der Waals surface area contributed by atoms with Gasteiger partial charge in [0.25, 0.3) is 0 Å². The second kappa shape index (κ2) is 6.23. The van der Waals surface area contributed by atoms with Crippen molar-refractivity contribution in [1.82, 2.24) is 4.90 Å². The van der Waals surface area contributed by atoms with Gasteiger partial charge in [0.2, 0.25) is 5.91 Å². The van der Waals surface area contributed by atoms with Crippen molar-refractivity contribution in [3.8, 4) is 6.07 Å². The molecule has 0 N–H and O–H groups in total. The lowest BCUT2D eigenvalue weighted by atomic mass is 9.87. The number of rotatable bonds is 6. The molecule has 1 atom stereocenters. The minimum absolute atomic E-state index is 0.0887. The molecule has 0 rings (SSSR count). The van der Waals surface area contributed by atoms with Gasteiger partial charge in [-0.1, -0.05) is 19.9 Å². The van der Waals surface area contributed by atoms with Gasteiger partial charge in [0.1, 0.15) is 5.41 Å². The number of hydrogen-bond acceptors (Lipinski definition) is 2. The molecular formula is C12H20N2O. The van der Waals surface area contributed by atoms with Crippen molar-refractivity contribution in [3.05, 3.63) is 12.7 Å². The second-order valence-corrected chi connectivity index (χ2v) is 3.84. The molecule has 0 aromatic heterocycles. The van der Waals surface area contributed by atoms with E-state index in [-0.39, 0.29) is 5.91 Å². The molecule has 0 bridgehead atoms. The summed E-state index contributed by atoms with van der Waals surface area (Å²) < 4.78 is 0. The van der Waals surface area contributed by atoms with Crippen molar-refractivity contribution in [1.29, 1.82) is 5.26 Å². The van der Waals surface area contributed by atoms with Gasteiger partial charge >= 0.3 is 0 Å². The van der Waals surface area contributed by atoms with Crippen LogP contribution in [0.3, 0.4) is 0 Å². The standard InChI is InChI=1S/C12H20N2O/c1-5-8-14(9-6-2)11(15)12(4,7-3)10-13/h5H,1,6-9H2,2-4H3. The molecule has 0 aromatic rings. The summed E-state index contributed by atoms with van der Waals surface area (Å²) in [6.07, 6.45) is 3.13. The van der Waals surface area contributed by atoms with Gasteiger partial charge < -0.3 is 4.90 Å². The molecule has 1 unspecified atom stereocenters. The zero-order valence-corrected chi connectivity index (χ0v) is 9.92. The third kappa shape index (κ3) is 3.39. The van der Waals surface area contributed by atoms with Gasteiger partial charge in [0, 0.05) is 13.1 Å². The lowest BCUT2D eigenvalue weighted by molar-refractivity contribution is -0.137. The van der Waals surface area contributed by atoms with Crippen molar-refractivity contribution in [3.63, 3.8) is 0 Å². The van der Waals surface area contributed by atoms with Gasteiger partial charge in [-0.2, -0.15) is 5.26 Å². The average Bonchev–Trinajstić information content (AvgIpc) is 2.26. The van der Waals surface area contributed by atoms with Crippen LogP contribution < -0.4 is 0 Å². The van der Waals surface area contributed by atoms with Gasteiger partial charge in [-0.15, -0.1) is 6.58 Å². The molecular weight excluding hydrogens is 188 g/mol. The normalized spacial score (nSPS) is 13.7. The van der Waals surface area contributed by atoms with Crippen LogP contribution in [0.2, 0.25) is 0 Å². The van der Waals surface area contributed by atoms with E-state index < -0.39 is 5.41 Å². The smallest absolute Gasteiger partial charge is 0.243 e. The Morgan fingerprint density at radius 2 is 2.20 bits per heavy atom. The number of carbonyl (C=O) groups is 1. The Kier molecular flexibility index (Phi) is 5.69. The Labute approximate surface area is 92.4 Å². The first kappa shape index (κ1) is 13.7. The molecule has 0 saturated heterocycles. The molecule has 0 heterocycles. The molecule has 0 aliphatic carbocycles. The van der Waals surface area contributed by atoms with Gasteiger partial charge in [-0.3, -0.25) is 4.79 Å². The number of carbonyl (C=O) groups excluding carboxylic acids is 1. The van der Waals surface area contributed by atoms with Crippen molar-refractivity contribution in [2.75, 3.05) is 13.1 Å². The highest BCUT2D eigenvalue weighted by molar-refractivity contribution is 5.85. The van der Waals surface area contributed by atoms with Crippen LogP contribution in [0, 0.1) is 16.7 Å². The average molecular weight is 208 g/mol. The molecule has 0 aromatic carbocycles. The van der Waals surface area contributed by atoms with E-state index in [1.165, 1.54) is 0 Å². The highest BCUT2D eigenvalue weighted by Crippen LogP contribution is 2.23. The fourth-order valence-electron chi connectivity index (χ4n) is 1.33. The van der Waals surface area contributed by atoms with Crippen molar-refractivity contribution >= 4 is 5.91 Å². The number of amides is 1. The third-order valence-electron chi connectivity index (χ3n) is 2.56. The quantitative estimate of drug-likeness (QED) is 0.629. The number of hydrogen-bond donors (Lipinski definition) is 0. The SMILES string of the molecule is C=CCN(CCC)C(=O)C(C)(C#N)CC. The largest absolute Gasteiger partial charge is 0.338 e. The Morgan fingerprint density at radius 1 is 1.60 bits per heavy atom. The molecule has 84 valence electrons. The minimum atomic E-state index is -0.891. The number of nitriles is 1. The maximum absolute atomic E-state index is 12.1. The molecule has 0 aliphatic rings. The van der Waals surface area contributed by atoms with Crippen LogP contribution in [0.25, 0.3) is 0 Å². The summed E-state index contributed by atoms with van der Waals surface area (Å²) in [6.45, 7) is 10.4. The highest BCUT2D eigenvalue weighted by Gasteiger charge is 2.34. The van der Waals surface area contributed by atoms with Gasteiger partial charge in [-0.05, 0) is 19.8 Å². The van der Waals surface area contributed by atoms with Crippen LogP contribution in [0.4, 0.5) is 0 Å². The van der Waals surface area contributed by atoms with Crippen molar-refractivity contribution < 1.29 is 4.79 Å². The van der Waals surface area contributed by atoms with Crippen LogP contribution in [0.1, 0.15) is 33.6 Å². The van der Waals surface area contributed by atoms with Crippen LogP contribution in [0.5, 0.6) is 0 Å². The maximum atomic E-state index is 12.1. The van der Waals surface area contributed by atoms with E-state index in [1.807, 2.05) is 13.8 Å². The van der Waals surface area contributed by atoms with E-state index in [9.17, 15) is 4.79 Å². The Balaban J connectivity index is 4.76. The van der Waals surface area contributed by atoms with Gasteiger partial charge in [0.15, 0.2) is 0 Å². The Bertz CT molecular complexity index is 267. The van der Waals surface area contributed by atoms with Gasteiger partial charge in [-0.25, -0.2) is 0 Å². The summed E-state index contributed by atoms with van der Waals surface area (Å²) in [6, 6.07) is 2.10. The van der Waals surface area contributed by atoms with Crippen molar-refractivity contribution in [2.24, 2.45) is 5.41 Å². The zero-order valence-electron chi connectivity index (χ0n) is 9.92. The molecule has 0 aliphatic heterocycles. The van der Waals surface area contributed by atoms with Crippen molar-refractivity contribution in [2.45, 2.75) is 33.6 Å². The lowest BCUT2D eigenvalue weighted by Gasteiger charge is -2.28. The van der Waals surface area contributed by atoms with E-state index in [4.69, 9.17) is 5.26 Å². The van der Waals surface area contributed by atoms with E-state index in [2.05, 4.69) is 12.6 Å². The van der Waals surface area contributed by atoms with E-state index >= 15 is 0 Å². The Hall–Kier alpha value is -1.30. The topological polar surface area (TPSA) is 44.1 Å². The van der Waals surface area contributed by atoms with Crippen LogP contribution in [0.15, 0.2) is 12.7 Å². The summed E-state index contributed by atoms with van der Waals surface area (Å²) >= 11 is 0. The van der Waals surface area contributed by atoms with E-state index in [0.717, 1.165) is 6.42 Å². The lowest BCUT2D eigenvalue weighted by Crippen LogP contribution is -2.42. The fraction of sp³-hybridized carbons (Fsp3) is 0.667. The summed E-state index contributed by atoms with van der Waals surface area (Å²) in [4.78, 5) is 13.8. The molecule has 0 radical (unpaired) electrons. The second-order valence-electron chi connectivity index (χ2n) is 3.84. The highest BCUT2D eigenvalue weighted by atomic mass is 16.2. The molecule has 3 heteroatoms. The molecule has 0 saturated carbocycles. The predicted octanol–water partition coefficient (Wildman–Crippen LogP) is 2.35. The first-order valence-corrected chi connectivity index (χ1v) is 5.37. The predicted molar refractivity (Wildman–Crippen MR) is 61.1 cm³/mol. The molecule has 15 heavy (non-hydrogen) atoms. The molecule has 1 amide bonds. The van der Waals surface area contributed by atoms with E-state index in [0.29, 0.717) is 19.5 Å². The minimum Gasteiger partial charge on any atom is -0.338 e. The van der Waals surface area contributed by atoms with Crippen LogP contribution in [-0.2, 0) is 4.79 Å².